The van der Waals surface area contributed by atoms with Crippen LogP contribution in [-0.2, 0) is 31.9 Å². The van der Waals surface area contributed by atoms with E-state index in [1.54, 1.807) is 0 Å². The summed E-state index contributed by atoms with van der Waals surface area (Å²) in [6, 6.07) is 57.5. The first-order chi connectivity index (χ1) is 24.6. The van der Waals surface area contributed by atoms with Crippen LogP contribution in [0.15, 0.2) is 152 Å². The van der Waals surface area contributed by atoms with Crippen LogP contribution in [0.3, 0.4) is 0 Å². The van der Waals surface area contributed by atoms with Gasteiger partial charge in [-0.3, -0.25) is 0 Å². The summed E-state index contributed by atoms with van der Waals surface area (Å²) in [6.07, 6.45) is 3.84. The van der Waals surface area contributed by atoms with Gasteiger partial charge in [0.15, 0.2) is 0 Å². The van der Waals surface area contributed by atoms with Crippen molar-refractivity contribution in [1.82, 2.24) is 9.97 Å². The molecule has 0 saturated carbocycles. The van der Waals surface area contributed by atoms with Gasteiger partial charge in [0.1, 0.15) is 0 Å². The van der Waals surface area contributed by atoms with Crippen LogP contribution in [0.1, 0.15) is 52.7 Å². The molecule has 0 aliphatic rings. The molecule has 5 aromatic carbocycles. The van der Waals surface area contributed by atoms with E-state index in [4.69, 9.17) is 9.97 Å². The van der Waals surface area contributed by atoms with Crippen LogP contribution in [0.25, 0.3) is 44.8 Å². The van der Waals surface area contributed by atoms with Crippen molar-refractivity contribution in [3.8, 4) is 44.8 Å². The van der Waals surface area contributed by atoms with Crippen molar-refractivity contribution in [1.29, 1.82) is 0 Å². The molecular weight excluding hydrogens is 810 g/mol. The molecule has 0 unspecified atom stereocenters. The molecule has 0 aliphatic heterocycles. The molecule has 0 saturated heterocycles. The smallest absolute Gasteiger partial charge is 0.305 e. The average molecular weight is 854 g/mol. The summed E-state index contributed by atoms with van der Waals surface area (Å²) in [5.74, 6) is 0. The first-order valence-electron chi connectivity index (χ1n) is 17.8. The summed E-state index contributed by atoms with van der Waals surface area (Å²) < 4.78 is 0. The van der Waals surface area contributed by atoms with Crippen molar-refractivity contribution in [2.75, 3.05) is 0 Å². The van der Waals surface area contributed by atoms with E-state index in [1.807, 2.05) is 12.4 Å². The molecule has 0 N–H and O–H groups in total. The van der Waals surface area contributed by atoms with E-state index < -0.39 is 0 Å². The molecule has 7 aromatic rings. The minimum absolute atomic E-state index is 0. The van der Waals surface area contributed by atoms with Gasteiger partial charge in [0.2, 0.25) is 6.71 Å². The molecule has 52 heavy (non-hydrogen) atoms. The second-order valence-electron chi connectivity index (χ2n) is 15.3. The zero-order valence-corrected chi connectivity index (χ0v) is 33.0. The van der Waals surface area contributed by atoms with Gasteiger partial charge in [-0.2, -0.15) is 10.9 Å². The fourth-order valence-corrected chi connectivity index (χ4v) is 6.79. The molecule has 2 aromatic heterocycles. The SMILES string of the molecule is CC(C)(C)c1ccnc(-c2[c-]c(B(c3[c-]c(-c4cc(C(C)(C)C)ccn4)ccc3)c3c(-c4ccccc4)cccc3-c3ccccc3)ccc2)c1.[Pt+2]. The van der Waals surface area contributed by atoms with Crippen molar-refractivity contribution in [3.05, 3.63) is 175 Å². The minimum Gasteiger partial charge on any atom is -0.305 e. The summed E-state index contributed by atoms with van der Waals surface area (Å²) in [5, 5.41) is 0. The van der Waals surface area contributed by atoms with Gasteiger partial charge in [-0.1, -0.05) is 138 Å². The molecule has 0 bridgehead atoms. The van der Waals surface area contributed by atoms with Crippen molar-refractivity contribution in [3.63, 3.8) is 0 Å². The largest absolute Gasteiger partial charge is 2.00 e. The number of nitrogens with zero attached hydrogens (tertiary/aromatic N) is 2. The zero-order chi connectivity index (χ0) is 35.6. The summed E-state index contributed by atoms with van der Waals surface area (Å²) in [5.41, 5.74) is 14.3. The number of pyridine rings is 2. The fourth-order valence-electron chi connectivity index (χ4n) is 6.79. The number of hydrogen-bond donors (Lipinski definition) is 0. The Morgan fingerprint density at radius 1 is 0.462 bits per heavy atom. The molecular formula is C48H43BN2Pt. The molecule has 2 nitrogen and oxygen atoms in total. The molecule has 2 heterocycles. The maximum atomic E-state index is 4.83. The Balaban J connectivity index is 0.00000464. The van der Waals surface area contributed by atoms with Crippen LogP contribution in [-0.4, -0.2) is 16.7 Å². The molecule has 7 rings (SSSR count). The van der Waals surface area contributed by atoms with Crippen molar-refractivity contribution in [2.45, 2.75) is 52.4 Å². The second kappa shape index (κ2) is 15.4. The van der Waals surface area contributed by atoms with Gasteiger partial charge in [-0.15, -0.1) is 59.7 Å². The average Bonchev–Trinajstić information content (AvgIpc) is 3.15. The molecule has 258 valence electrons. The van der Waals surface area contributed by atoms with Gasteiger partial charge < -0.3 is 9.97 Å². The molecule has 0 spiro atoms. The van der Waals surface area contributed by atoms with Crippen LogP contribution in [0.5, 0.6) is 0 Å². The first kappa shape index (κ1) is 36.9. The Labute approximate surface area is 324 Å². The Morgan fingerprint density at radius 2 is 0.865 bits per heavy atom. The normalized spacial score (nSPS) is 11.5. The van der Waals surface area contributed by atoms with Crippen LogP contribution in [0.2, 0.25) is 0 Å². The van der Waals surface area contributed by atoms with Crippen LogP contribution in [0, 0.1) is 12.1 Å². The van der Waals surface area contributed by atoms with E-state index in [-0.39, 0.29) is 38.6 Å². The number of aromatic nitrogens is 2. The predicted octanol–water partition coefficient (Wildman–Crippen LogP) is 9.85. The van der Waals surface area contributed by atoms with Crippen LogP contribution >= 0.6 is 0 Å². The summed E-state index contributed by atoms with van der Waals surface area (Å²) >= 11 is 0. The maximum Gasteiger partial charge on any atom is 2.00 e. The molecule has 4 heteroatoms. The second-order valence-corrected chi connectivity index (χ2v) is 15.3. The quantitative estimate of drug-likeness (QED) is 0.118. The van der Waals surface area contributed by atoms with Gasteiger partial charge in [-0.05, 0) is 67.7 Å². The number of hydrogen-bond acceptors (Lipinski definition) is 2. The zero-order valence-electron chi connectivity index (χ0n) is 30.7. The van der Waals surface area contributed by atoms with E-state index in [2.05, 4.69) is 193 Å². The van der Waals surface area contributed by atoms with Crippen molar-refractivity contribution < 1.29 is 21.1 Å². The Kier molecular flexibility index (Phi) is 10.9. The fraction of sp³-hybridized carbons (Fsp3) is 0.167. The molecule has 0 aliphatic carbocycles. The molecule has 0 radical (unpaired) electrons. The van der Waals surface area contributed by atoms with E-state index in [0.717, 1.165) is 33.4 Å². The third-order valence-corrected chi connectivity index (χ3v) is 9.63. The van der Waals surface area contributed by atoms with E-state index >= 15 is 0 Å². The van der Waals surface area contributed by atoms with Crippen molar-refractivity contribution >= 4 is 23.1 Å². The predicted molar refractivity (Wildman–Crippen MR) is 216 cm³/mol. The Morgan fingerprint density at radius 3 is 1.27 bits per heavy atom. The van der Waals surface area contributed by atoms with E-state index in [0.29, 0.717) is 0 Å². The standard InChI is InChI=1S/C48H43BN2.Pt/c1-47(2,3)38-26-28-50-44(32-38)36-20-13-22-40(30-36)49(41-23-14-21-37(31-41)45-33-39(27-29-51-45)48(4,5)6)46-42(34-16-9-7-10-17-34)24-15-25-43(46)35-18-11-8-12-19-35;/h7-29,32-33H,1-6H3;/q-2;+2. The summed E-state index contributed by atoms with van der Waals surface area (Å²) in [4.78, 5) is 9.67. The molecule has 0 amide bonds. The molecule has 0 atom stereocenters. The van der Waals surface area contributed by atoms with Crippen LogP contribution in [0.4, 0.5) is 0 Å². The first-order valence-corrected chi connectivity index (χ1v) is 17.8. The van der Waals surface area contributed by atoms with Gasteiger partial charge in [0.05, 0.1) is 0 Å². The van der Waals surface area contributed by atoms with Gasteiger partial charge in [0.25, 0.3) is 0 Å². The number of rotatable bonds is 7. The monoisotopic (exact) mass is 853 g/mol. The minimum atomic E-state index is -0.201. The topological polar surface area (TPSA) is 25.8 Å². The third-order valence-electron chi connectivity index (χ3n) is 9.63. The van der Waals surface area contributed by atoms with E-state index in [1.165, 1.54) is 38.8 Å². The van der Waals surface area contributed by atoms with Gasteiger partial charge in [0, 0.05) is 12.4 Å². The van der Waals surface area contributed by atoms with Crippen molar-refractivity contribution in [2.24, 2.45) is 0 Å². The van der Waals surface area contributed by atoms with Gasteiger partial charge in [-0.25, -0.2) is 0 Å². The Hall–Kier alpha value is -4.85. The Bertz CT molecular complexity index is 2130. The third kappa shape index (κ3) is 7.96. The van der Waals surface area contributed by atoms with Gasteiger partial charge >= 0.3 is 21.1 Å². The number of benzene rings is 5. The maximum absolute atomic E-state index is 4.83. The van der Waals surface area contributed by atoms with E-state index in [9.17, 15) is 0 Å². The molecule has 0 fully saturated rings. The summed E-state index contributed by atoms with van der Waals surface area (Å²) in [7, 11) is 0. The summed E-state index contributed by atoms with van der Waals surface area (Å²) in [6.45, 7) is 13.2. The van der Waals surface area contributed by atoms with Crippen LogP contribution < -0.4 is 16.4 Å².